The number of hydrogen-bond acceptors (Lipinski definition) is 14. The SMILES string of the molecule is ClP1Oc2ccccc2-c2ccccc21.O=P1(O)Oc2ccccc2-c2ccccc21.O=P1(OP2Oc3ccccc3-c3ccccc32)Oc2ccccc2-c2ccccc21.[2H]OP(=O)(O[2H])P=O.[2H]OPCl.[2H]O[P+](=O)O. The number of hydrogen-bond donors (Lipinski definition) is 6. The lowest BCUT2D eigenvalue weighted by atomic mass is 10.0. The molecule has 0 saturated carbocycles. The average molecular weight is 1190 g/mol. The van der Waals surface area contributed by atoms with Crippen LogP contribution in [-0.4, -0.2) is 35.1 Å². The third-order valence-corrected chi connectivity index (χ3v) is 18.5. The van der Waals surface area contributed by atoms with E-state index < -0.39 is 54.8 Å². The molecule has 0 aliphatic carbocycles. The summed E-state index contributed by atoms with van der Waals surface area (Å²) in [5.41, 5.74) is 7.77. The van der Waals surface area contributed by atoms with Crippen LogP contribution in [0, 0.1) is 0 Å². The zero-order chi connectivity index (χ0) is 55.9. The maximum absolute atomic E-state index is 14.1. The number of benzene rings is 8. The van der Waals surface area contributed by atoms with Crippen LogP contribution in [0.5, 0.6) is 23.0 Å². The Labute approximate surface area is 446 Å². The minimum Gasteiger partial charge on any atom is -0.453 e. The molecule has 0 aromatic heterocycles. The van der Waals surface area contributed by atoms with Gasteiger partial charge < -0.3 is 37.7 Å². The van der Waals surface area contributed by atoms with Gasteiger partial charge in [-0.3, -0.25) is 4.57 Å². The second kappa shape index (κ2) is 26.0. The second-order valence-corrected chi connectivity index (χ2v) is 26.3. The third-order valence-electron chi connectivity index (χ3n) is 10.4. The molecule has 0 fully saturated rings. The molecule has 0 radical (unpaired) electrons. The molecule has 0 spiro atoms. The van der Waals surface area contributed by atoms with Crippen LogP contribution in [0.3, 0.4) is 0 Å². The summed E-state index contributed by atoms with van der Waals surface area (Å²) in [5, 5.41) is 2.93. The van der Waals surface area contributed by atoms with Crippen LogP contribution in [-0.2, 0) is 27.1 Å². The molecule has 26 heteroatoms. The summed E-state index contributed by atoms with van der Waals surface area (Å²) in [4.78, 5) is 30.5. The van der Waals surface area contributed by atoms with Crippen LogP contribution in [0.2, 0.25) is 0 Å². The first-order valence-corrected chi connectivity index (χ1v) is 33.6. The van der Waals surface area contributed by atoms with Crippen LogP contribution in [0.15, 0.2) is 194 Å². The molecule has 0 saturated heterocycles. The Kier molecular flexibility index (Phi) is 18.1. The molecule has 8 aromatic carbocycles. The van der Waals surface area contributed by atoms with E-state index >= 15 is 0 Å². The van der Waals surface area contributed by atoms with E-state index in [1.54, 1.807) is 24.3 Å². The highest BCUT2D eigenvalue weighted by Gasteiger charge is 2.43. The fourth-order valence-corrected chi connectivity index (χ4v) is 14.6. The van der Waals surface area contributed by atoms with Crippen molar-refractivity contribution in [3.05, 3.63) is 194 Å². The Morgan fingerprint density at radius 3 is 1.45 bits per heavy atom. The quantitative estimate of drug-likeness (QED) is 0.0811. The molecule has 74 heavy (non-hydrogen) atoms. The Morgan fingerprint density at radius 2 is 0.959 bits per heavy atom. The lowest BCUT2D eigenvalue weighted by Gasteiger charge is -2.32. The summed E-state index contributed by atoms with van der Waals surface area (Å²) in [6.07, 6.45) is 0. The maximum atomic E-state index is 14.1. The topological polar surface area (TPSA) is 253 Å². The standard InChI is InChI=1S/C24H16O4P2.C12H8ClOP.C12H9O3P.ClH2OP.H2O4P2.HO3P/c25-30(24-16-8-4-12-20(24)18-10-2-6-14-22(18)27-30)28-29-23-15-7-3-11-19(23)17-9-1-5-13-21(17)26-29;13-15-12-8-4-2-6-10(12)9-5-1-3-7-11(9)14-15;13-16(14)12-8-4-2-6-10(12)9-5-1-3-7-11(9)15-16;1-3-2;1-5-6(2,3)4;1-4(2)3/h1-16H;1-8H;1-8H,(H,13,14);2-3H;(H2,2,3,4);(H-,1,2,3)/p+1/i;;;2D;;/hD3. The summed E-state index contributed by atoms with van der Waals surface area (Å²) in [7, 11) is -17.8. The van der Waals surface area contributed by atoms with Gasteiger partial charge in [0.2, 0.25) is 11.8 Å². The number of rotatable bonds is 7. The van der Waals surface area contributed by atoms with Crippen molar-refractivity contribution in [3.63, 3.8) is 0 Å². The van der Waals surface area contributed by atoms with E-state index in [1.807, 2.05) is 158 Å². The normalized spacial score (nSPS) is 19.3. The van der Waals surface area contributed by atoms with Crippen molar-refractivity contribution >= 4 is 107 Å². The van der Waals surface area contributed by atoms with E-state index in [0.29, 0.717) is 22.1 Å². The molecular weight excluding hydrogens is 1150 g/mol. The molecule has 6 atom stereocenters. The number of halogens is 2. The van der Waals surface area contributed by atoms with E-state index in [1.165, 1.54) is 5.56 Å². The largest absolute Gasteiger partial charge is 0.692 e. The first kappa shape index (κ1) is 51.5. The molecule has 6 unspecified atom stereocenters. The minimum absolute atomic E-state index is 0.221. The number of fused-ring (bicyclic) bond motifs is 12. The monoisotopic (exact) mass is 1190 g/mol. The van der Waals surface area contributed by atoms with E-state index in [9.17, 15) is 23.2 Å². The molecular formula is C48H39Cl2O16P8+. The summed E-state index contributed by atoms with van der Waals surface area (Å²) in [6, 6.07) is 61.3. The molecule has 6 N–H and O–H groups in total. The van der Waals surface area contributed by atoms with Gasteiger partial charge in [0.25, 0.3) is 18.0 Å². The molecule has 4 heterocycles. The lowest BCUT2D eigenvalue weighted by molar-refractivity contribution is 0.391. The van der Waals surface area contributed by atoms with Gasteiger partial charge in [-0.2, -0.15) is 0 Å². The molecule has 16 nitrogen and oxygen atoms in total. The highest BCUT2D eigenvalue weighted by Crippen LogP contribution is 2.64. The van der Waals surface area contributed by atoms with Gasteiger partial charge in [-0.15, -0.1) is 9.79 Å². The Hall–Kier alpha value is -4.56. The summed E-state index contributed by atoms with van der Waals surface area (Å²) in [5.74, 6) is 2.63. The zero-order valence-corrected chi connectivity index (χ0v) is 46.2. The van der Waals surface area contributed by atoms with Crippen LogP contribution in [0.25, 0.3) is 44.5 Å². The Balaban J connectivity index is 0.000000156. The molecule has 4 aliphatic heterocycles. The van der Waals surface area contributed by atoms with Crippen LogP contribution in [0.1, 0.15) is 0 Å². The summed E-state index contributed by atoms with van der Waals surface area (Å²) >= 11 is 11.0. The molecule has 0 bridgehead atoms. The van der Waals surface area contributed by atoms with Crippen molar-refractivity contribution in [1.29, 1.82) is 5.72 Å². The van der Waals surface area contributed by atoms with E-state index in [0.717, 1.165) is 61.1 Å². The van der Waals surface area contributed by atoms with Crippen molar-refractivity contribution in [2.24, 2.45) is 0 Å². The predicted molar refractivity (Wildman–Crippen MR) is 295 cm³/mol. The van der Waals surface area contributed by atoms with Gasteiger partial charge in [-0.05, 0) is 70.9 Å². The predicted octanol–water partition coefficient (Wildman–Crippen LogP) is 13.5. The van der Waals surface area contributed by atoms with Crippen LogP contribution >= 0.6 is 85.4 Å². The fraction of sp³-hybridized carbons (Fsp3) is 0. The van der Waals surface area contributed by atoms with Crippen LogP contribution in [0.4, 0.5) is 0 Å². The van der Waals surface area contributed by atoms with Gasteiger partial charge in [-0.25, -0.2) is 18.0 Å². The number of para-hydroxylation sites is 4. The van der Waals surface area contributed by atoms with Gasteiger partial charge in [0, 0.05) is 43.3 Å². The first-order valence-electron chi connectivity index (χ1n) is 22.7. The van der Waals surface area contributed by atoms with Crippen molar-refractivity contribution in [2.45, 2.75) is 0 Å². The Bertz CT molecular complexity index is 3550. The lowest BCUT2D eigenvalue weighted by Crippen LogP contribution is -2.22. The van der Waals surface area contributed by atoms with Gasteiger partial charge in [0.15, 0.2) is 0 Å². The molecule has 4 aliphatic rings. The minimum atomic E-state index is -3.91. The second-order valence-electron chi connectivity index (χ2n) is 14.9. The van der Waals surface area contributed by atoms with Gasteiger partial charge >= 0.3 is 30.7 Å². The van der Waals surface area contributed by atoms with E-state index in [2.05, 4.69) is 31.7 Å². The highest BCUT2D eigenvalue weighted by atomic mass is 35.7. The zero-order valence-electron chi connectivity index (χ0n) is 41.5. The van der Waals surface area contributed by atoms with Gasteiger partial charge in [0.1, 0.15) is 31.2 Å². The van der Waals surface area contributed by atoms with Crippen molar-refractivity contribution in [2.75, 3.05) is 0 Å². The summed E-state index contributed by atoms with van der Waals surface area (Å²) < 4.78 is 108. The molecule has 0 amide bonds. The summed E-state index contributed by atoms with van der Waals surface area (Å²) in [6.45, 7) is 0. The van der Waals surface area contributed by atoms with Crippen molar-refractivity contribution in [1.82, 2.24) is 0 Å². The molecule has 12 rings (SSSR count). The van der Waals surface area contributed by atoms with Crippen LogP contribution < -0.4 is 39.3 Å². The molecule has 380 valence electrons. The van der Waals surface area contributed by atoms with E-state index in [-0.39, 0.29) is 8.16 Å². The van der Waals surface area contributed by atoms with Crippen molar-refractivity contribution < 1.29 is 74.6 Å². The Morgan fingerprint density at radius 1 is 0.581 bits per heavy atom. The van der Waals surface area contributed by atoms with Gasteiger partial charge in [-0.1, -0.05) is 157 Å². The van der Waals surface area contributed by atoms with E-state index in [4.69, 9.17) is 60.1 Å². The maximum Gasteiger partial charge on any atom is 0.692 e. The third kappa shape index (κ3) is 14.1. The van der Waals surface area contributed by atoms with Crippen molar-refractivity contribution in [3.8, 4) is 67.5 Å². The molecule has 8 aromatic rings. The first-order chi connectivity index (χ1) is 37.6. The average Bonchev–Trinajstić information content (AvgIpc) is 3.53. The van der Waals surface area contributed by atoms with Gasteiger partial charge in [0.05, 0.1) is 15.9 Å². The fourth-order valence-electron chi connectivity index (χ4n) is 7.53. The highest BCUT2D eigenvalue weighted by molar-refractivity contribution is 8.13. The smallest absolute Gasteiger partial charge is 0.453 e.